The summed E-state index contributed by atoms with van der Waals surface area (Å²) in [6, 6.07) is 7.81. The Balaban J connectivity index is 2.34. The van der Waals surface area contributed by atoms with Crippen LogP contribution in [0.2, 0.25) is 0 Å². The van der Waals surface area contributed by atoms with Gasteiger partial charge < -0.3 is 16.2 Å². The van der Waals surface area contributed by atoms with Gasteiger partial charge in [0.1, 0.15) is 12.1 Å². The first-order valence-electron chi connectivity index (χ1n) is 5.89. The second-order valence-electron chi connectivity index (χ2n) is 3.98. The molecular weight excluding hydrogens is 278 g/mol. The molecule has 1 atom stereocenters. The van der Waals surface area contributed by atoms with E-state index in [0.29, 0.717) is 17.0 Å². The van der Waals surface area contributed by atoms with Crippen molar-refractivity contribution in [2.45, 2.75) is 12.5 Å². The summed E-state index contributed by atoms with van der Waals surface area (Å²) in [6.45, 7) is 0. The summed E-state index contributed by atoms with van der Waals surface area (Å²) in [4.78, 5) is 22.2. The molecule has 106 valence electrons. The predicted molar refractivity (Wildman–Crippen MR) is 77.3 cm³/mol. The third-order valence-corrected chi connectivity index (χ3v) is 3.50. The Morgan fingerprint density at radius 1 is 1.45 bits per heavy atom. The van der Waals surface area contributed by atoms with Crippen LogP contribution in [0.25, 0.3) is 0 Å². The van der Waals surface area contributed by atoms with Crippen molar-refractivity contribution in [1.82, 2.24) is 0 Å². The Morgan fingerprint density at radius 2 is 2.15 bits per heavy atom. The number of amides is 1. The van der Waals surface area contributed by atoms with E-state index in [9.17, 15) is 9.59 Å². The normalized spacial score (nSPS) is 11.4. The van der Waals surface area contributed by atoms with Crippen LogP contribution in [0.3, 0.4) is 0 Å². The van der Waals surface area contributed by atoms with Crippen LogP contribution in [0.15, 0.2) is 24.3 Å². The van der Waals surface area contributed by atoms with Gasteiger partial charge in [0.2, 0.25) is 5.91 Å². The largest absolute Gasteiger partial charge is 0.480 e. The fourth-order valence-electron chi connectivity index (χ4n) is 1.35. The molecule has 0 aliphatic heterocycles. The number of anilines is 1. The molecule has 1 rings (SSSR count). The van der Waals surface area contributed by atoms with Gasteiger partial charge in [-0.3, -0.25) is 9.59 Å². The van der Waals surface area contributed by atoms with Crippen molar-refractivity contribution in [2.24, 2.45) is 5.73 Å². The number of nitriles is 1. The van der Waals surface area contributed by atoms with Gasteiger partial charge in [0, 0.05) is 17.9 Å². The highest BCUT2D eigenvalue weighted by Crippen LogP contribution is 2.14. The predicted octanol–water partition coefficient (Wildman–Crippen LogP) is 1.03. The average molecular weight is 293 g/mol. The highest BCUT2D eigenvalue weighted by Gasteiger charge is 2.11. The first-order chi connectivity index (χ1) is 9.54. The number of benzene rings is 1. The number of hydrogen-bond acceptors (Lipinski definition) is 5. The molecule has 0 aliphatic carbocycles. The number of carbonyl (C=O) groups is 2. The highest BCUT2D eigenvalue weighted by molar-refractivity contribution is 7.99. The minimum atomic E-state index is -1.05. The SMILES string of the molecule is N#Cc1ccccc1NC(=O)CCSCC(N)C(=O)O. The van der Waals surface area contributed by atoms with Gasteiger partial charge in [0.25, 0.3) is 0 Å². The highest BCUT2D eigenvalue weighted by atomic mass is 32.2. The van der Waals surface area contributed by atoms with Crippen molar-refractivity contribution in [1.29, 1.82) is 5.26 Å². The van der Waals surface area contributed by atoms with E-state index in [1.807, 2.05) is 6.07 Å². The van der Waals surface area contributed by atoms with Crippen molar-refractivity contribution >= 4 is 29.3 Å². The fourth-order valence-corrected chi connectivity index (χ4v) is 2.24. The smallest absolute Gasteiger partial charge is 0.321 e. The van der Waals surface area contributed by atoms with E-state index in [-0.39, 0.29) is 18.1 Å². The molecule has 1 aromatic carbocycles. The number of rotatable bonds is 7. The molecule has 0 aliphatic rings. The standard InChI is InChI=1S/C13H15N3O3S/c14-7-9-3-1-2-4-11(9)16-12(17)5-6-20-8-10(15)13(18)19/h1-4,10H,5-6,8,15H2,(H,16,17)(H,18,19). The Kier molecular flexibility index (Phi) is 6.56. The molecule has 1 amide bonds. The monoisotopic (exact) mass is 293 g/mol. The van der Waals surface area contributed by atoms with Crippen LogP contribution < -0.4 is 11.1 Å². The number of carbonyl (C=O) groups excluding carboxylic acids is 1. The summed E-state index contributed by atoms with van der Waals surface area (Å²) < 4.78 is 0. The number of aliphatic carboxylic acids is 1. The number of carboxylic acids is 1. The van der Waals surface area contributed by atoms with Gasteiger partial charge >= 0.3 is 5.97 Å². The molecule has 0 saturated heterocycles. The molecule has 7 heteroatoms. The van der Waals surface area contributed by atoms with Gasteiger partial charge in [-0.05, 0) is 12.1 Å². The lowest BCUT2D eigenvalue weighted by Crippen LogP contribution is -2.32. The van der Waals surface area contributed by atoms with Gasteiger partial charge in [-0.25, -0.2) is 0 Å². The van der Waals surface area contributed by atoms with E-state index in [4.69, 9.17) is 16.1 Å². The van der Waals surface area contributed by atoms with E-state index < -0.39 is 12.0 Å². The van der Waals surface area contributed by atoms with Crippen LogP contribution >= 0.6 is 11.8 Å². The van der Waals surface area contributed by atoms with Crippen LogP contribution in [-0.4, -0.2) is 34.5 Å². The van der Waals surface area contributed by atoms with Crippen molar-refractivity contribution in [3.05, 3.63) is 29.8 Å². The van der Waals surface area contributed by atoms with Gasteiger partial charge in [0.15, 0.2) is 0 Å². The molecule has 0 heterocycles. The maximum absolute atomic E-state index is 11.7. The second kappa shape index (κ2) is 8.19. The molecule has 6 nitrogen and oxygen atoms in total. The zero-order valence-electron chi connectivity index (χ0n) is 10.7. The molecule has 0 fully saturated rings. The van der Waals surface area contributed by atoms with E-state index in [1.165, 1.54) is 11.8 Å². The fraction of sp³-hybridized carbons (Fsp3) is 0.308. The quantitative estimate of drug-likeness (QED) is 0.647. The molecule has 4 N–H and O–H groups in total. The number of nitrogens with two attached hydrogens (primary N) is 1. The number of para-hydroxylation sites is 1. The molecule has 0 spiro atoms. The van der Waals surface area contributed by atoms with Crippen molar-refractivity contribution in [3.63, 3.8) is 0 Å². The molecule has 0 saturated carbocycles. The average Bonchev–Trinajstić information content (AvgIpc) is 2.43. The van der Waals surface area contributed by atoms with Crippen molar-refractivity contribution < 1.29 is 14.7 Å². The van der Waals surface area contributed by atoms with E-state index in [2.05, 4.69) is 5.32 Å². The van der Waals surface area contributed by atoms with Gasteiger partial charge in [-0.2, -0.15) is 17.0 Å². The number of hydrogen-bond donors (Lipinski definition) is 3. The maximum Gasteiger partial charge on any atom is 0.321 e. The first kappa shape index (κ1) is 16.0. The lowest BCUT2D eigenvalue weighted by Gasteiger charge is -2.07. The summed E-state index contributed by atoms with van der Waals surface area (Å²) in [5, 5.41) is 20.1. The number of nitrogens with one attached hydrogen (secondary N) is 1. The first-order valence-corrected chi connectivity index (χ1v) is 7.05. The summed E-state index contributed by atoms with van der Waals surface area (Å²) >= 11 is 1.31. The molecular formula is C13H15N3O3S. The summed E-state index contributed by atoms with van der Waals surface area (Å²) in [7, 11) is 0. The van der Waals surface area contributed by atoms with Crippen molar-refractivity contribution in [2.75, 3.05) is 16.8 Å². The van der Waals surface area contributed by atoms with Crippen LogP contribution in [0.5, 0.6) is 0 Å². The molecule has 1 aromatic rings. The van der Waals surface area contributed by atoms with Gasteiger partial charge in [-0.15, -0.1) is 0 Å². The van der Waals surface area contributed by atoms with Crippen LogP contribution in [0.1, 0.15) is 12.0 Å². The minimum absolute atomic E-state index is 0.218. The third kappa shape index (κ3) is 5.30. The summed E-state index contributed by atoms with van der Waals surface area (Å²) in [6.07, 6.45) is 0.233. The molecule has 20 heavy (non-hydrogen) atoms. The summed E-state index contributed by atoms with van der Waals surface area (Å²) in [5.41, 5.74) is 6.22. The Labute approximate surface area is 121 Å². The zero-order valence-corrected chi connectivity index (χ0v) is 11.5. The Hall–Kier alpha value is -2.04. The number of thioether (sulfide) groups is 1. The summed E-state index contributed by atoms with van der Waals surface area (Å²) in [5.74, 6) is -0.534. The minimum Gasteiger partial charge on any atom is -0.480 e. The van der Waals surface area contributed by atoms with Crippen LogP contribution in [0.4, 0.5) is 5.69 Å². The molecule has 1 unspecified atom stereocenters. The molecule has 0 aromatic heterocycles. The molecule has 0 radical (unpaired) electrons. The number of nitrogens with zero attached hydrogens (tertiary/aromatic N) is 1. The lowest BCUT2D eigenvalue weighted by molar-refractivity contribution is -0.137. The van der Waals surface area contributed by atoms with E-state index >= 15 is 0 Å². The van der Waals surface area contributed by atoms with Gasteiger partial charge in [0.05, 0.1) is 11.3 Å². The van der Waals surface area contributed by atoms with E-state index in [0.717, 1.165) is 0 Å². The van der Waals surface area contributed by atoms with Crippen LogP contribution in [-0.2, 0) is 9.59 Å². The maximum atomic E-state index is 11.7. The third-order valence-electron chi connectivity index (χ3n) is 2.41. The van der Waals surface area contributed by atoms with Gasteiger partial charge in [-0.1, -0.05) is 12.1 Å². The van der Waals surface area contributed by atoms with E-state index in [1.54, 1.807) is 24.3 Å². The number of carboxylic acid groups (broad SMARTS) is 1. The lowest BCUT2D eigenvalue weighted by atomic mass is 10.2. The van der Waals surface area contributed by atoms with Crippen molar-refractivity contribution in [3.8, 4) is 6.07 Å². The topological polar surface area (TPSA) is 116 Å². The van der Waals surface area contributed by atoms with Crippen LogP contribution in [0, 0.1) is 11.3 Å². The zero-order chi connectivity index (χ0) is 15.0. The Morgan fingerprint density at radius 3 is 2.80 bits per heavy atom. The Bertz CT molecular complexity index is 528. The second-order valence-corrected chi connectivity index (χ2v) is 5.13. The molecule has 0 bridgehead atoms.